The van der Waals surface area contributed by atoms with Crippen molar-refractivity contribution >= 4 is 11.7 Å². The van der Waals surface area contributed by atoms with Gasteiger partial charge in [0.2, 0.25) is 5.91 Å². The van der Waals surface area contributed by atoms with Gasteiger partial charge in [0.05, 0.1) is 0 Å². The van der Waals surface area contributed by atoms with Gasteiger partial charge in [0.15, 0.2) is 5.78 Å². The highest BCUT2D eigenvalue weighted by molar-refractivity contribution is 5.96. The monoisotopic (exact) mass is 424 g/mol. The number of carbonyl (C=O) groups is 2. The molecule has 1 aliphatic rings. The van der Waals surface area contributed by atoms with Gasteiger partial charge in [-0.25, -0.2) is 4.39 Å². The lowest BCUT2D eigenvalue weighted by atomic mass is 9.74. The third-order valence-electron chi connectivity index (χ3n) is 6.61. The summed E-state index contributed by atoms with van der Waals surface area (Å²) in [5.41, 5.74) is 1.36. The van der Waals surface area contributed by atoms with E-state index in [1.165, 1.54) is 6.07 Å². The van der Waals surface area contributed by atoms with Crippen molar-refractivity contribution in [1.82, 2.24) is 10.2 Å². The van der Waals surface area contributed by atoms with E-state index in [-0.39, 0.29) is 29.1 Å². The Morgan fingerprint density at radius 3 is 2.29 bits per heavy atom. The number of ketones is 1. The van der Waals surface area contributed by atoms with Crippen LogP contribution in [0, 0.1) is 5.82 Å². The molecule has 0 saturated heterocycles. The van der Waals surface area contributed by atoms with Gasteiger partial charge in [-0.2, -0.15) is 0 Å². The summed E-state index contributed by atoms with van der Waals surface area (Å²) in [6.07, 6.45) is 5.55. The number of amides is 1. The van der Waals surface area contributed by atoms with Gasteiger partial charge in [0.1, 0.15) is 5.82 Å². The van der Waals surface area contributed by atoms with Crippen LogP contribution in [0.2, 0.25) is 0 Å². The number of hydrogen-bond acceptors (Lipinski definition) is 3. The van der Waals surface area contributed by atoms with Crippen LogP contribution < -0.4 is 5.32 Å². The van der Waals surface area contributed by atoms with Crippen molar-refractivity contribution in [1.29, 1.82) is 0 Å². The minimum atomic E-state index is -0.149. The minimum absolute atomic E-state index is 0.0114. The summed E-state index contributed by atoms with van der Waals surface area (Å²) in [4.78, 5) is 26.8. The number of carbonyl (C=O) groups excluding carboxylic acids is 2. The average Bonchev–Trinajstić information content (AvgIpc) is 2.77. The maximum atomic E-state index is 14.2. The fourth-order valence-corrected chi connectivity index (χ4v) is 4.56. The predicted molar refractivity (Wildman–Crippen MR) is 122 cm³/mol. The number of hydrogen-bond donors (Lipinski definition) is 1. The zero-order valence-corrected chi connectivity index (χ0v) is 18.6. The summed E-state index contributed by atoms with van der Waals surface area (Å²) in [6, 6.07) is 16.3. The molecule has 0 radical (unpaired) electrons. The van der Waals surface area contributed by atoms with E-state index < -0.39 is 0 Å². The third-order valence-corrected chi connectivity index (χ3v) is 6.61. The summed E-state index contributed by atoms with van der Waals surface area (Å²) >= 11 is 0. The van der Waals surface area contributed by atoms with Crippen molar-refractivity contribution in [3.05, 3.63) is 71.5 Å². The number of Topliss-reactive ketones (excluding diaryl/α,β-unsaturated/α-hetero) is 1. The second kappa shape index (κ2) is 10.7. The molecule has 0 spiro atoms. The molecule has 2 aromatic rings. The second-order valence-corrected chi connectivity index (χ2v) is 8.87. The molecule has 2 aromatic carbocycles. The van der Waals surface area contributed by atoms with E-state index in [9.17, 15) is 14.0 Å². The zero-order chi connectivity index (χ0) is 22.3. The van der Waals surface area contributed by atoms with Gasteiger partial charge in [-0.15, -0.1) is 0 Å². The van der Waals surface area contributed by atoms with Gasteiger partial charge in [0.25, 0.3) is 0 Å². The maximum Gasteiger partial charge on any atom is 0.220 e. The Balaban J connectivity index is 1.45. The summed E-state index contributed by atoms with van der Waals surface area (Å²) in [5, 5.41) is 3.14. The van der Waals surface area contributed by atoms with Crippen LogP contribution in [-0.4, -0.2) is 42.3 Å². The average molecular weight is 425 g/mol. The maximum absolute atomic E-state index is 14.2. The molecule has 0 atom stereocenters. The van der Waals surface area contributed by atoms with Crippen LogP contribution in [-0.2, 0) is 11.2 Å². The number of nitrogens with one attached hydrogen (secondary N) is 1. The first-order valence-electron chi connectivity index (χ1n) is 11.2. The Morgan fingerprint density at radius 2 is 1.65 bits per heavy atom. The quantitative estimate of drug-likeness (QED) is 0.590. The third kappa shape index (κ3) is 6.23. The van der Waals surface area contributed by atoms with Crippen molar-refractivity contribution in [2.24, 2.45) is 0 Å². The molecule has 4 nitrogen and oxygen atoms in total. The molecule has 0 aliphatic heterocycles. The molecule has 0 unspecified atom stereocenters. The Bertz CT molecular complexity index is 874. The first kappa shape index (κ1) is 23.1. The second-order valence-electron chi connectivity index (χ2n) is 8.87. The van der Waals surface area contributed by atoms with Crippen LogP contribution in [0.15, 0.2) is 54.6 Å². The van der Waals surface area contributed by atoms with E-state index in [4.69, 9.17) is 0 Å². The van der Waals surface area contributed by atoms with Gasteiger partial charge < -0.3 is 10.2 Å². The number of rotatable bonds is 9. The molecule has 166 valence electrons. The van der Waals surface area contributed by atoms with E-state index in [2.05, 4.69) is 24.3 Å². The smallest absolute Gasteiger partial charge is 0.220 e. The first-order chi connectivity index (χ1) is 14.9. The van der Waals surface area contributed by atoms with E-state index in [0.717, 1.165) is 31.2 Å². The topological polar surface area (TPSA) is 49.4 Å². The summed E-state index contributed by atoms with van der Waals surface area (Å²) < 4.78 is 14.2. The molecule has 1 aliphatic carbocycles. The van der Waals surface area contributed by atoms with Gasteiger partial charge >= 0.3 is 0 Å². The normalized spacial score (nSPS) is 21.1. The van der Waals surface area contributed by atoms with Crippen molar-refractivity contribution in [3.63, 3.8) is 0 Å². The van der Waals surface area contributed by atoms with Crippen LogP contribution in [0.1, 0.15) is 60.9 Å². The van der Waals surface area contributed by atoms with Gasteiger partial charge in [-0.05, 0) is 64.3 Å². The molecular weight excluding hydrogens is 391 g/mol. The molecule has 0 bridgehead atoms. The molecule has 1 amide bonds. The minimum Gasteiger partial charge on any atom is -0.353 e. The largest absolute Gasteiger partial charge is 0.353 e. The number of likely N-dealkylation sites (N-methyl/N-ethyl adjacent to an activating group) is 1. The number of halogens is 1. The van der Waals surface area contributed by atoms with Gasteiger partial charge in [-0.1, -0.05) is 48.5 Å². The molecular formula is C26H33FN2O2. The van der Waals surface area contributed by atoms with E-state index in [0.29, 0.717) is 31.2 Å². The first-order valence-corrected chi connectivity index (χ1v) is 11.2. The highest BCUT2D eigenvalue weighted by Crippen LogP contribution is 2.36. The molecule has 1 fully saturated rings. The lowest BCUT2D eigenvalue weighted by Gasteiger charge is -2.45. The van der Waals surface area contributed by atoms with E-state index >= 15 is 0 Å². The molecule has 1 saturated carbocycles. The fourth-order valence-electron chi connectivity index (χ4n) is 4.56. The van der Waals surface area contributed by atoms with Gasteiger partial charge in [0, 0.05) is 30.0 Å². The van der Waals surface area contributed by atoms with Crippen LogP contribution >= 0.6 is 0 Å². The van der Waals surface area contributed by atoms with Crippen LogP contribution in [0.25, 0.3) is 0 Å². The Labute approximate surface area is 184 Å². The fraction of sp³-hybridized carbons (Fsp3) is 0.462. The number of benzene rings is 2. The molecule has 0 aromatic heterocycles. The van der Waals surface area contributed by atoms with E-state index in [1.54, 1.807) is 6.07 Å². The van der Waals surface area contributed by atoms with Crippen LogP contribution in [0.3, 0.4) is 0 Å². The summed E-state index contributed by atoms with van der Waals surface area (Å²) in [6.45, 7) is 0. The Morgan fingerprint density at radius 1 is 1.00 bits per heavy atom. The van der Waals surface area contributed by atoms with Crippen LogP contribution in [0.4, 0.5) is 4.39 Å². The van der Waals surface area contributed by atoms with Gasteiger partial charge in [-0.3, -0.25) is 9.59 Å². The predicted octanol–water partition coefficient (Wildman–Crippen LogP) is 4.78. The standard InChI is InChI=1S/C26H33FN2O2/c1-29(2)26(19-21-11-6-7-12-23(21)27)17-15-22(16-18-26)28-25(31)14-8-13-24(30)20-9-4-3-5-10-20/h3-7,9-12,22H,8,13-19H2,1-2H3,(H,28,31). The summed E-state index contributed by atoms with van der Waals surface area (Å²) in [5.74, 6) is -0.0588. The molecule has 31 heavy (non-hydrogen) atoms. The molecule has 0 heterocycles. The molecule has 3 rings (SSSR count). The Kier molecular flexibility index (Phi) is 7.97. The molecule has 1 N–H and O–H groups in total. The van der Waals surface area contributed by atoms with Crippen LogP contribution in [0.5, 0.6) is 0 Å². The highest BCUT2D eigenvalue weighted by atomic mass is 19.1. The lowest BCUT2D eigenvalue weighted by molar-refractivity contribution is -0.122. The lowest BCUT2D eigenvalue weighted by Crippen LogP contribution is -2.52. The zero-order valence-electron chi connectivity index (χ0n) is 18.6. The van der Waals surface area contributed by atoms with Crippen molar-refractivity contribution in [2.45, 2.75) is 62.9 Å². The Hall–Kier alpha value is -2.53. The van der Waals surface area contributed by atoms with E-state index in [1.807, 2.05) is 42.5 Å². The SMILES string of the molecule is CN(C)C1(Cc2ccccc2F)CCC(NC(=O)CCCC(=O)c2ccccc2)CC1. The van der Waals surface area contributed by atoms with Crippen molar-refractivity contribution in [2.75, 3.05) is 14.1 Å². The molecule has 5 heteroatoms. The van der Waals surface area contributed by atoms with Crippen molar-refractivity contribution in [3.8, 4) is 0 Å². The summed E-state index contributed by atoms with van der Waals surface area (Å²) in [7, 11) is 4.12. The highest BCUT2D eigenvalue weighted by Gasteiger charge is 2.38. The number of nitrogens with zero attached hydrogens (tertiary/aromatic N) is 1. The van der Waals surface area contributed by atoms with Crippen molar-refractivity contribution < 1.29 is 14.0 Å².